The van der Waals surface area contributed by atoms with Gasteiger partial charge in [-0.15, -0.1) is 0 Å². The third-order valence-electron chi connectivity index (χ3n) is 5.16. The Morgan fingerprint density at radius 1 is 1.12 bits per heavy atom. The first-order chi connectivity index (χ1) is 11.6. The largest absolute Gasteiger partial charge is 0.369 e. The van der Waals surface area contributed by atoms with Gasteiger partial charge in [0.05, 0.1) is 11.9 Å². The Hall–Kier alpha value is -1.37. The Kier molecular flexibility index (Phi) is 5.58. The van der Waals surface area contributed by atoms with E-state index in [2.05, 4.69) is 30.8 Å². The number of aryl methyl sites for hydroxylation is 1. The number of carbonyl (C=O) groups is 1. The minimum Gasteiger partial charge on any atom is -0.369 e. The number of piperidine rings is 1. The predicted octanol–water partition coefficient (Wildman–Crippen LogP) is 2.16. The van der Waals surface area contributed by atoms with Gasteiger partial charge >= 0.3 is 0 Å². The van der Waals surface area contributed by atoms with Gasteiger partial charge in [-0.2, -0.15) is 5.10 Å². The van der Waals surface area contributed by atoms with Gasteiger partial charge in [0.15, 0.2) is 0 Å². The zero-order chi connectivity index (χ0) is 17.1. The van der Waals surface area contributed by atoms with E-state index in [1.165, 1.54) is 17.5 Å². The Balaban J connectivity index is 1.62. The molecular weight excluding hydrogens is 372 g/mol. The van der Waals surface area contributed by atoms with E-state index in [1.807, 2.05) is 0 Å². The maximum atomic E-state index is 12.7. The molecule has 0 saturated carbocycles. The smallest absolute Gasteiger partial charge is 0.282 e. The van der Waals surface area contributed by atoms with E-state index < -0.39 is 0 Å². The van der Waals surface area contributed by atoms with Crippen LogP contribution in [0.1, 0.15) is 38.5 Å². The summed E-state index contributed by atoms with van der Waals surface area (Å²) in [7, 11) is 1.64. The van der Waals surface area contributed by atoms with Crippen molar-refractivity contribution in [3.05, 3.63) is 21.0 Å². The summed E-state index contributed by atoms with van der Waals surface area (Å²) >= 11 is 3.39. The maximum Gasteiger partial charge on any atom is 0.282 e. The molecular formula is C17H25BrN4O2. The first-order valence-corrected chi connectivity index (χ1v) is 9.63. The molecule has 0 aromatic carbocycles. The van der Waals surface area contributed by atoms with E-state index in [-0.39, 0.29) is 11.5 Å². The van der Waals surface area contributed by atoms with Gasteiger partial charge in [0.1, 0.15) is 4.47 Å². The molecule has 3 heterocycles. The summed E-state index contributed by atoms with van der Waals surface area (Å²) in [4.78, 5) is 29.0. The summed E-state index contributed by atoms with van der Waals surface area (Å²) in [5, 5.41) is 4.11. The summed E-state index contributed by atoms with van der Waals surface area (Å²) in [6, 6.07) is 0. The minimum atomic E-state index is -0.129. The maximum absolute atomic E-state index is 12.7. The first kappa shape index (κ1) is 17.5. The van der Waals surface area contributed by atoms with Gasteiger partial charge in [0.25, 0.3) is 5.56 Å². The Morgan fingerprint density at radius 2 is 1.75 bits per heavy atom. The van der Waals surface area contributed by atoms with Crippen molar-refractivity contribution in [2.45, 2.75) is 38.5 Å². The lowest BCUT2D eigenvalue weighted by Crippen LogP contribution is -2.43. The van der Waals surface area contributed by atoms with Crippen molar-refractivity contribution < 1.29 is 4.79 Å². The fourth-order valence-corrected chi connectivity index (χ4v) is 4.25. The monoisotopic (exact) mass is 396 g/mol. The van der Waals surface area contributed by atoms with E-state index in [0.717, 1.165) is 57.5 Å². The number of rotatable bonds is 2. The molecule has 132 valence electrons. The summed E-state index contributed by atoms with van der Waals surface area (Å²) in [6.45, 7) is 3.42. The number of carbonyl (C=O) groups excluding carboxylic acids is 1. The molecule has 24 heavy (non-hydrogen) atoms. The molecule has 7 heteroatoms. The van der Waals surface area contributed by atoms with Crippen LogP contribution in [-0.4, -0.2) is 46.8 Å². The topological polar surface area (TPSA) is 58.4 Å². The van der Waals surface area contributed by atoms with Crippen molar-refractivity contribution in [1.29, 1.82) is 0 Å². The van der Waals surface area contributed by atoms with Crippen LogP contribution < -0.4 is 10.5 Å². The third kappa shape index (κ3) is 3.66. The van der Waals surface area contributed by atoms with Crippen LogP contribution in [0.25, 0.3) is 0 Å². The summed E-state index contributed by atoms with van der Waals surface area (Å²) < 4.78 is 1.88. The van der Waals surface area contributed by atoms with E-state index in [9.17, 15) is 9.59 Å². The van der Waals surface area contributed by atoms with Gasteiger partial charge in [-0.25, -0.2) is 4.68 Å². The standard InChI is InChI=1S/C17H25BrN4O2/c1-20-17(24)15(18)14(12-19-20)21-10-6-13(7-11-21)16(23)22-8-4-2-3-5-9-22/h12-13H,2-11H2,1H3. The summed E-state index contributed by atoms with van der Waals surface area (Å²) in [5.41, 5.74) is 0.703. The number of likely N-dealkylation sites (tertiary alicyclic amines) is 1. The van der Waals surface area contributed by atoms with Crippen molar-refractivity contribution in [2.24, 2.45) is 13.0 Å². The molecule has 2 aliphatic rings. The third-order valence-corrected chi connectivity index (χ3v) is 5.91. The van der Waals surface area contributed by atoms with Gasteiger partial charge in [-0.05, 0) is 41.6 Å². The second-order valence-corrected chi connectivity index (χ2v) is 7.57. The summed E-state index contributed by atoms with van der Waals surface area (Å²) in [6.07, 6.45) is 8.17. The highest BCUT2D eigenvalue weighted by Gasteiger charge is 2.29. The molecule has 0 spiro atoms. The lowest BCUT2D eigenvalue weighted by atomic mass is 9.95. The number of halogens is 1. The molecule has 0 radical (unpaired) electrons. The van der Waals surface area contributed by atoms with Gasteiger partial charge in [-0.1, -0.05) is 12.8 Å². The SMILES string of the molecule is Cn1ncc(N2CCC(C(=O)N3CCCCCC3)CC2)c(Br)c1=O. The van der Waals surface area contributed by atoms with Crippen LogP contribution in [0.15, 0.2) is 15.5 Å². The zero-order valence-electron chi connectivity index (χ0n) is 14.2. The van der Waals surface area contributed by atoms with Gasteiger partial charge in [-0.3, -0.25) is 9.59 Å². The molecule has 2 aliphatic heterocycles. The average molecular weight is 397 g/mol. The molecule has 2 saturated heterocycles. The van der Waals surface area contributed by atoms with Crippen molar-refractivity contribution in [2.75, 3.05) is 31.1 Å². The lowest BCUT2D eigenvalue weighted by molar-refractivity contribution is -0.136. The molecule has 6 nitrogen and oxygen atoms in total. The number of amides is 1. The van der Waals surface area contributed by atoms with E-state index in [0.29, 0.717) is 10.4 Å². The van der Waals surface area contributed by atoms with Gasteiger partial charge in [0, 0.05) is 39.1 Å². The minimum absolute atomic E-state index is 0.123. The molecule has 1 aromatic heterocycles. The molecule has 0 aliphatic carbocycles. The highest BCUT2D eigenvalue weighted by atomic mass is 79.9. The molecule has 1 amide bonds. The van der Waals surface area contributed by atoms with Crippen LogP contribution in [0.3, 0.4) is 0 Å². The Bertz CT molecular complexity index is 644. The highest BCUT2D eigenvalue weighted by Crippen LogP contribution is 2.28. The first-order valence-electron chi connectivity index (χ1n) is 8.83. The van der Waals surface area contributed by atoms with E-state index >= 15 is 0 Å². The molecule has 0 bridgehead atoms. The molecule has 2 fully saturated rings. The fourth-order valence-electron chi connectivity index (χ4n) is 3.64. The second-order valence-electron chi connectivity index (χ2n) is 6.77. The number of aromatic nitrogens is 2. The van der Waals surface area contributed by atoms with Crippen LogP contribution in [0.2, 0.25) is 0 Å². The van der Waals surface area contributed by atoms with E-state index in [4.69, 9.17) is 0 Å². The van der Waals surface area contributed by atoms with Crippen molar-refractivity contribution in [1.82, 2.24) is 14.7 Å². The van der Waals surface area contributed by atoms with Gasteiger partial charge < -0.3 is 9.80 Å². The molecule has 1 aromatic rings. The van der Waals surface area contributed by atoms with Crippen molar-refractivity contribution in [3.8, 4) is 0 Å². The van der Waals surface area contributed by atoms with Crippen LogP contribution in [0.5, 0.6) is 0 Å². The predicted molar refractivity (Wildman–Crippen MR) is 97.2 cm³/mol. The van der Waals surface area contributed by atoms with Crippen LogP contribution in [0, 0.1) is 5.92 Å². The van der Waals surface area contributed by atoms with Crippen LogP contribution in [0.4, 0.5) is 5.69 Å². The second kappa shape index (κ2) is 7.68. The van der Waals surface area contributed by atoms with Gasteiger partial charge in [0.2, 0.25) is 5.91 Å². The number of hydrogen-bond acceptors (Lipinski definition) is 4. The average Bonchev–Trinajstić information content (AvgIpc) is 2.89. The van der Waals surface area contributed by atoms with Crippen molar-refractivity contribution >= 4 is 27.5 Å². The van der Waals surface area contributed by atoms with Crippen LogP contribution in [-0.2, 0) is 11.8 Å². The molecule has 3 rings (SSSR count). The highest BCUT2D eigenvalue weighted by molar-refractivity contribution is 9.10. The summed E-state index contributed by atoms with van der Waals surface area (Å²) in [5.74, 6) is 0.454. The lowest BCUT2D eigenvalue weighted by Gasteiger charge is -2.35. The van der Waals surface area contributed by atoms with Crippen molar-refractivity contribution in [3.63, 3.8) is 0 Å². The molecule has 0 unspecified atom stereocenters. The zero-order valence-corrected chi connectivity index (χ0v) is 15.8. The molecule has 0 atom stereocenters. The van der Waals surface area contributed by atoms with E-state index in [1.54, 1.807) is 13.2 Å². The number of anilines is 1. The normalized spacial score (nSPS) is 20.1. The fraction of sp³-hybridized carbons (Fsp3) is 0.706. The quantitative estimate of drug-likeness (QED) is 0.768. The number of hydrogen-bond donors (Lipinski definition) is 0. The Morgan fingerprint density at radius 3 is 2.38 bits per heavy atom. The van der Waals surface area contributed by atoms with Crippen LogP contribution >= 0.6 is 15.9 Å². The molecule has 0 N–H and O–H groups in total. The Labute approximate surface area is 150 Å². The number of nitrogens with zero attached hydrogens (tertiary/aromatic N) is 4.